The molecule has 27 heavy (non-hydrogen) atoms. The van der Waals surface area contributed by atoms with Crippen molar-refractivity contribution in [2.24, 2.45) is 17.3 Å². The first-order valence-electron chi connectivity index (χ1n) is 10.0. The highest BCUT2D eigenvalue weighted by molar-refractivity contribution is 7.99. The normalized spacial score (nSPS) is 14.9. The molecule has 0 saturated carbocycles. The Morgan fingerprint density at radius 1 is 1.04 bits per heavy atom. The summed E-state index contributed by atoms with van der Waals surface area (Å²) in [6.07, 6.45) is 2.96. The number of thioether (sulfide) groups is 1. The maximum atomic E-state index is 12.4. The lowest BCUT2D eigenvalue weighted by atomic mass is 9.87. The van der Waals surface area contributed by atoms with Crippen LogP contribution in [0.25, 0.3) is 0 Å². The van der Waals surface area contributed by atoms with E-state index in [9.17, 15) is 14.4 Å². The van der Waals surface area contributed by atoms with Gasteiger partial charge in [0.05, 0.1) is 11.3 Å². The third-order valence-electron chi connectivity index (χ3n) is 4.77. The van der Waals surface area contributed by atoms with Crippen LogP contribution >= 0.6 is 11.8 Å². The molecule has 0 aromatic rings. The zero-order valence-electron chi connectivity index (χ0n) is 18.1. The first-order valence-corrected chi connectivity index (χ1v) is 11.2. The molecule has 0 radical (unpaired) electrons. The second kappa shape index (κ2) is 13.2. The summed E-state index contributed by atoms with van der Waals surface area (Å²) in [4.78, 5) is 35.9. The molecule has 3 unspecified atom stereocenters. The van der Waals surface area contributed by atoms with Gasteiger partial charge < -0.3 is 9.47 Å². The number of esters is 2. The van der Waals surface area contributed by atoms with Crippen molar-refractivity contribution >= 4 is 29.5 Å². The minimum atomic E-state index is -0.544. The average Bonchev–Trinajstić information content (AvgIpc) is 2.62. The van der Waals surface area contributed by atoms with Crippen LogP contribution in [0.1, 0.15) is 74.1 Å². The molecule has 0 spiro atoms. The Bertz CT molecular complexity index is 475. The Balaban J connectivity index is 4.75. The van der Waals surface area contributed by atoms with E-state index in [1.165, 1.54) is 0 Å². The van der Waals surface area contributed by atoms with E-state index in [-0.39, 0.29) is 36.2 Å². The molecule has 0 fully saturated rings. The van der Waals surface area contributed by atoms with Crippen LogP contribution in [0.15, 0.2) is 0 Å². The molecule has 0 amide bonds. The van der Waals surface area contributed by atoms with Gasteiger partial charge in [0.2, 0.25) is 0 Å². The molecule has 3 atom stereocenters. The van der Waals surface area contributed by atoms with Crippen LogP contribution in [0, 0.1) is 17.3 Å². The minimum Gasteiger partial charge on any atom is -0.461 e. The zero-order valence-corrected chi connectivity index (χ0v) is 18.9. The van der Waals surface area contributed by atoms with Gasteiger partial charge in [-0.2, -0.15) is 11.8 Å². The van der Waals surface area contributed by atoms with E-state index in [1.54, 1.807) is 18.7 Å². The number of hydrogen-bond acceptors (Lipinski definition) is 6. The van der Waals surface area contributed by atoms with Gasteiger partial charge in [-0.3, -0.25) is 14.4 Å². The lowest BCUT2D eigenvalue weighted by Gasteiger charge is -2.25. The van der Waals surface area contributed by atoms with E-state index in [0.717, 1.165) is 19.3 Å². The number of ketones is 1. The summed E-state index contributed by atoms with van der Waals surface area (Å²) in [7, 11) is 0. The summed E-state index contributed by atoms with van der Waals surface area (Å²) in [6.45, 7) is 13.1. The van der Waals surface area contributed by atoms with Crippen molar-refractivity contribution < 1.29 is 23.9 Å². The van der Waals surface area contributed by atoms with Gasteiger partial charge in [-0.05, 0) is 33.6 Å². The lowest BCUT2D eigenvalue weighted by molar-refractivity contribution is -0.165. The fourth-order valence-electron chi connectivity index (χ4n) is 2.14. The van der Waals surface area contributed by atoms with Gasteiger partial charge in [-0.15, -0.1) is 0 Å². The predicted octanol–water partition coefficient (Wildman–Crippen LogP) is 4.66. The highest BCUT2D eigenvalue weighted by Crippen LogP contribution is 2.25. The Morgan fingerprint density at radius 3 is 2.19 bits per heavy atom. The highest BCUT2D eigenvalue weighted by atomic mass is 32.2. The minimum absolute atomic E-state index is 0.0450. The van der Waals surface area contributed by atoms with Gasteiger partial charge in [0.25, 0.3) is 0 Å². The number of hydrogen-bond donors (Lipinski definition) is 0. The van der Waals surface area contributed by atoms with Crippen LogP contribution in [0.5, 0.6) is 0 Å². The van der Waals surface area contributed by atoms with E-state index in [1.807, 2.05) is 34.6 Å². The lowest BCUT2D eigenvalue weighted by Crippen LogP contribution is -2.34. The van der Waals surface area contributed by atoms with E-state index in [2.05, 4.69) is 6.92 Å². The summed E-state index contributed by atoms with van der Waals surface area (Å²) in [5.74, 6) is 0.527. The molecule has 0 rings (SSSR count). The number of rotatable bonds is 14. The average molecular weight is 403 g/mol. The Labute approximate surface area is 169 Å². The maximum Gasteiger partial charge on any atom is 0.311 e. The predicted molar refractivity (Wildman–Crippen MR) is 111 cm³/mol. The Morgan fingerprint density at radius 2 is 1.67 bits per heavy atom. The zero-order chi connectivity index (χ0) is 21.0. The van der Waals surface area contributed by atoms with Gasteiger partial charge in [0, 0.05) is 17.4 Å². The molecule has 0 aliphatic heterocycles. The summed E-state index contributed by atoms with van der Waals surface area (Å²) in [5.41, 5.74) is -0.544. The van der Waals surface area contributed by atoms with Gasteiger partial charge in [0.1, 0.15) is 18.5 Å². The largest absolute Gasteiger partial charge is 0.461 e. The molecule has 0 saturated heterocycles. The molecule has 5 nitrogen and oxygen atoms in total. The molecular formula is C21H38O5S. The van der Waals surface area contributed by atoms with Crippen molar-refractivity contribution in [2.75, 3.05) is 18.1 Å². The Hall–Kier alpha value is -1.04. The van der Waals surface area contributed by atoms with E-state index in [0.29, 0.717) is 17.9 Å². The van der Waals surface area contributed by atoms with Crippen LogP contribution in [0.2, 0.25) is 0 Å². The monoisotopic (exact) mass is 402 g/mol. The van der Waals surface area contributed by atoms with Gasteiger partial charge in [0.15, 0.2) is 0 Å². The molecule has 6 heteroatoms. The molecule has 0 N–H and O–H groups in total. The summed E-state index contributed by atoms with van der Waals surface area (Å²) >= 11 is 1.54. The standard InChI is InChI=1S/C21H38O5S/c1-8-10-11-21(6,7)20(24)25-12-18(26-19(23)15(3)9-2)14-27-13-16(4)17(5)22/h15-16,18H,8-14H2,1-7H3. The molecule has 0 heterocycles. The van der Waals surface area contributed by atoms with Crippen LogP contribution < -0.4 is 0 Å². The summed E-state index contributed by atoms with van der Waals surface area (Å²) < 4.78 is 11.1. The first-order chi connectivity index (χ1) is 12.5. The van der Waals surface area contributed by atoms with E-state index < -0.39 is 11.5 Å². The topological polar surface area (TPSA) is 69.7 Å². The van der Waals surface area contributed by atoms with Crippen LogP contribution in [-0.2, 0) is 23.9 Å². The van der Waals surface area contributed by atoms with E-state index in [4.69, 9.17) is 9.47 Å². The second-order valence-corrected chi connectivity index (χ2v) is 9.08. The third-order valence-corrected chi connectivity index (χ3v) is 6.11. The summed E-state index contributed by atoms with van der Waals surface area (Å²) in [6, 6.07) is 0. The third kappa shape index (κ3) is 10.8. The van der Waals surface area contributed by atoms with Crippen molar-refractivity contribution in [3.05, 3.63) is 0 Å². The number of carbonyl (C=O) groups excluding carboxylic acids is 3. The van der Waals surface area contributed by atoms with Crippen molar-refractivity contribution in [3.63, 3.8) is 0 Å². The fourth-order valence-corrected chi connectivity index (χ4v) is 3.29. The SMILES string of the molecule is CCCCC(C)(C)C(=O)OCC(CSCC(C)C(C)=O)OC(=O)C(C)CC. The molecule has 0 aromatic heterocycles. The first kappa shape index (κ1) is 26.0. The molecule has 0 aliphatic carbocycles. The number of carbonyl (C=O) groups is 3. The Kier molecular flexibility index (Phi) is 12.7. The quantitative estimate of drug-likeness (QED) is 0.394. The van der Waals surface area contributed by atoms with Gasteiger partial charge in [-0.25, -0.2) is 0 Å². The molecular weight excluding hydrogens is 364 g/mol. The fraction of sp³-hybridized carbons (Fsp3) is 0.857. The van der Waals surface area contributed by atoms with Crippen molar-refractivity contribution in [2.45, 2.75) is 80.3 Å². The van der Waals surface area contributed by atoms with Crippen LogP contribution in [0.4, 0.5) is 0 Å². The van der Waals surface area contributed by atoms with Crippen molar-refractivity contribution in [3.8, 4) is 0 Å². The highest BCUT2D eigenvalue weighted by Gasteiger charge is 2.30. The number of Topliss-reactive ketones (excluding diaryl/α,β-unsaturated/α-hetero) is 1. The summed E-state index contributed by atoms with van der Waals surface area (Å²) in [5, 5.41) is 0. The number of ether oxygens (including phenoxy) is 2. The second-order valence-electron chi connectivity index (χ2n) is 8.00. The molecule has 0 aromatic carbocycles. The maximum absolute atomic E-state index is 12.4. The van der Waals surface area contributed by atoms with Crippen molar-refractivity contribution in [1.29, 1.82) is 0 Å². The van der Waals surface area contributed by atoms with Gasteiger partial charge >= 0.3 is 11.9 Å². The smallest absolute Gasteiger partial charge is 0.311 e. The van der Waals surface area contributed by atoms with Gasteiger partial charge in [-0.1, -0.05) is 40.5 Å². The van der Waals surface area contributed by atoms with Crippen molar-refractivity contribution in [1.82, 2.24) is 0 Å². The number of unbranched alkanes of at least 4 members (excludes halogenated alkanes) is 1. The van der Waals surface area contributed by atoms with Crippen LogP contribution in [-0.4, -0.2) is 41.9 Å². The van der Waals surface area contributed by atoms with E-state index >= 15 is 0 Å². The van der Waals surface area contributed by atoms with Crippen LogP contribution in [0.3, 0.4) is 0 Å². The molecule has 0 aliphatic rings. The molecule has 0 bridgehead atoms. The molecule has 158 valence electrons.